The first-order valence-electron chi connectivity index (χ1n) is 6.40. The van der Waals surface area contributed by atoms with E-state index in [4.69, 9.17) is 9.84 Å². The second-order valence-electron chi connectivity index (χ2n) is 4.63. The lowest BCUT2D eigenvalue weighted by atomic mass is 10.1. The van der Waals surface area contributed by atoms with Crippen molar-refractivity contribution in [3.8, 4) is 5.75 Å². The molecule has 0 spiro atoms. The lowest BCUT2D eigenvalue weighted by Crippen LogP contribution is -1.97. The van der Waals surface area contributed by atoms with E-state index in [9.17, 15) is 4.79 Å². The summed E-state index contributed by atoms with van der Waals surface area (Å²) >= 11 is 5.09. The summed E-state index contributed by atoms with van der Waals surface area (Å²) < 4.78 is 6.74. The third-order valence-corrected chi connectivity index (χ3v) is 4.63. The predicted molar refractivity (Wildman–Crippen MR) is 84.1 cm³/mol. The van der Waals surface area contributed by atoms with E-state index in [1.54, 1.807) is 23.9 Å². The molecule has 0 saturated heterocycles. The normalized spacial score (nSPS) is 12.8. The van der Waals surface area contributed by atoms with Gasteiger partial charge in [0.2, 0.25) is 0 Å². The highest BCUT2D eigenvalue weighted by Crippen LogP contribution is 2.36. The maximum atomic E-state index is 10.8. The molecule has 0 radical (unpaired) electrons. The van der Waals surface area contributed by atoms with Crippen molar-refractivity contribution in [1.82, 2.24) is 4.98 Å². The van der Waals surface area contributed by atoms with Gasteiger partial charge in [-0.05, 0) is 29.8 Å². The molecule has 1 aliphatic rings. The average molecular weight is 366 g/mol. The SMILES string of the molecule is O=C(O)c1ccc(SCc2cc(Br)cc3c2OCC3)nc1. The van der Waals surface area contributed by atoms with Gasteiger partial charge in [0.05, 0.1) is 17.2 Å². The predicted octanol–water partition coefficient (Wildman–Crippen LogP) is 3.77. The molecule has 0 amide bonds. The molecule has 0 atom stereocenters. The van der Waals surface area contributed by atoms with Crippen molar-refractivity contribution in [2.24, 2.45) is 0 Å². The van der Waals surface area contributed by atoms with E-state index in [2.05, 4.69) is 33.0 Å². The number of ether oxygens (including phenoxy) is 1. The molecule has 0 bridgehead atoms. The van der Waals surface area contributed by atoms with Gasteiger partial charge in [0.25, 0.3) is 0 Å². The van der Waals surface area contributed by atoms with Crippen LogP contribution in [0.5, 0.6) is 5.75 Å². The van der Waals surface area contributed by atoms with Gasteiger partial charge in [0, 0.05) is 28.4 Å². The average Bonchev–Trinajstić information content (AvgIpc) is 2.93. The highest BCUT2D eigenvalue weighted by molar-refractivity contribution is 9.10. The Balaban J connectivity index is 1.75. The van der Waals surface area contributed by atoms with Crippen molar-refractivity contribution in [3.05, 3.63) is 51.6 Å². The van der Waals surface area contributed by atoms with Crippen LogP contribution >= 0.6 is 27.7 Å². The van der Waals surface area contributed by atoms with Crippen LogP contribution in [-0.2, 0) is 12.2 Å². The van der Waals surface area contributed by atoms with Crippen LogP contribution in [-0.4, -0.2) is 22.7 Å². The van der Waals surface area contributed by atoms with Crippen LogP contribution in [0.1, 0.15) is 21.5 Å². The van der Waals surface area contributed by atoms with Crippen LogP contribution < -0.4 is 4.74 Å². The number of carbonyl (C=O) groups is 1. The minimum absolute atomic E-state index is 0.200. The molecule has 1 aromatic carbocycles. The number of halogens is 1. The molecule has 0 saturated carbocycles. The van der Waals surface area contributed by atoms with Gasteiger partial charge in [-0.3, -0.25) is 0 Å². The van der Waals surface area contributed by atoms with Crippen molar-refractivity contribution in [2.45, 2.75) is 17.2 Å². The van der Waals surface area contributed by atoms with Gasteiger partial charge in [0.15, 0.2) is 0 Å². The Labute approximate surface area is 134 Å². The molecule has 4 nitrogen and oxygen atoms in total. The number of aromatic carboxylic acids is 1. The maximum absolute atomic E-state index is 10.8. The van der Waals surface area contributed by atoms with E-state index in [1.807, 2.05) is 0 Å². The summed E-state index contributed by atoms with van der Waals surface area (Å²) in [5.41, 5.74) is 2.56. The molecule has 1 N–H and O–H groups in total. The molecule has 3 rings (SSSR count). The second kappa shape index (κ2) is 6.07. The standard InChI is InChI=1S/C15H12BrNO3S/c16-12-5-9-3-4-20-14(9)11(6-12)8-21-13-2-1-10(7-17-13)15(18)19/h1-2,5-7H,3-4,8H2,(H,18,19). The van der Waals surface area contributed by atoms with Gasteiger partial charge in [-0.15, -0.1) is 11.8 Å². The Kier molecular flexibility index (Phi) is 4.17. The Morgan fingerprint density at radius 1 is 1.43 bits per heavy atom. The topological polar surface area (TPSA) is 59.4 Å². The van der Waals surface area contributed by atoms with Gasteiger partial charge >= 0.3 is 5.97 Å². The number of benzene rings is 1. The lowest BCUT2D eigenvalue weighted by Gasteiger charge is -2.08. The first kappa shape index (κ1) is 14.4. The molecule has 0 fully saturated rings. The Hall–Kier alpha value is -1.53. The number of thioether (sulfide) groups is 1. The largest absolute Gasteiger partial charge is 0.493 e. The molecule has 0 unspecified atom stereocenters. The van der Waals surface area contributed by atoms with Gasteiger partial charge in [-0.1, -0.05) is 15.9 Å². The van der Waals surface area contributed by atoms with Gasteiger partial charge < -0.3 is 9.84 Å². The number of pyridine rings is 1. The summed E-state index contributed by atoms with van der Waals surface area (Å²) in [6, 6.07) is 7.45. The molecule has 0 aliphatic carbocycles. The summed E-state index contributed by atoms with van der Waals surface area (Å²) in [7, 11) is 0. The van der Waals surface area contributed by atoms with E-state index in [0.717, 1.165) is 39.6 Å². The van der Waals surface area contributed by atoms with Crippen LogP contribution in [0.3, 0.4) is 0 Å². The van der Waals surface area contributed by atoms with Crippen molar-refractivity contribution in [1.29, 1.82) is 0 Å². The summed E-state index contributed by atoms with van der Waals surface area (Å²) in [5, 5.41) is 9.65. The van der Waals surface area contributed by atoms with Crippen LogP contribution in [0.2, 0.25) is 0 Å². The molecule has 1 aliphatic heterocycles. The van der Waals surface area contributed by atoms with Crippen LogP contribution in [0, 0.1) is 0 Å². The Morgan fingerprint density at radius 2 is 2.29 bits per heavy atom. The molecule has 1 aromatic heterocycles. The summed E-state index contributed by atoms with van der Waals surface area (Å²) in [6.07, 6.45) is 2.32. The fraction of sp³-hybridized carbons (Fsp3) is 0.200. The van der Waals surface area contributed by atoms with Gasteiger partial charge in [0.1, 0.15) is 5.75 Å². The highest BCUT2D eigenvalue weighted by atomic mass is 79.9. The summed E-state index contributed by atoms with van der Waals surface area (Å²) in [6.45, 7) is 0.731. The first-order chi connectivity index (χ1) is 10.1. The summed E-state index contributed by atoms with van der Waals surface area (Å²) in [4.78, 5) is 14.9. The van der Waals surface area contributed by atoms with Crippen molar-refractivity contribution < 1.29 is 14.6 Å². The zero-order valence-electron chi connectivity index (χ0n) is 11.0. The summed E-state index contributed by atoms with van der Waals surface area (Å²) in [5.74, 6) is 0.756. The Bertz CT molecular complexity index is 688. The van der Waals surface area contributed by atoms with Gasteiger partial charge in [-0.25, -0.2) is 9.78 Å². The fourth-order valence-electron chi connectivity index (χ4n) is 2.20. The smallest absolute Gasteiger partial charge is 0.337 e. The van der Waals surface area contributed by atoms with Crippen LogP contribution in [0.15, 0.2) is 40.0 Å². The highest BCUT2D eigenvalue weighted by Gasteiger charge is 2.17. The second-order valence-corrected chi connectivity index (χ2v) is 6.54. The van der Waals surface area contributed by atoms with E-state index < -0.39 is 5.97 Å². The number of nitrogens with zero attached hydrogens (tertiary/aromatic N) is 1. The lowest BCUT2D eigenvalue weighted by molar-refractivity contribution is 0.0696. The van der Waals surface area contributed by atoms with Crippen LogP contribution in [0.25, 0.3) is 0 Å². The van der Waals surface area contributed by atoms with E-state index in [0.29, 0.717) is 0 Å². The first-order valence-corrected chi connectivity index (χ1v) is 8.17. The minimum Gasteiger partial charge on any atom is -0.493 e. The quantitative estimate of drug-likeness (QED) is 0.835. The van der Waals surface area contributed by atoms with E-state index >= 15 is 0 Å². The van der Waals surface area contributed by atoms with Crippen molar-refractivity contribution in [3.63, 3.8) is 0 Å². The third-order valence-electron chi connectivity index (χ3n) is 3.18. The van der Waals surface area contributed by atoms with Crippen molar-refractivity contribution >= 4 is 33.7 Å². The van der Waals surface area contributed by atoms with E-state index in [1.165, 1.54) is 11.8 Å². The zero-order valence-corrected chi connectivity index (χ0v) is 13.4. The molecule has 21 heavy (non-hydrogen) atoms. The van der Waals surface area contributed by atoms with Gasteiger partial charge in [-0.2, -0.15) is 0 Å². The Morgan fingerprint density at radius 3 is 3.00 bits per heavy atom. The zero-order chi connectivity index (χ0) is 14.8. The molecule has 108 valence electrons. The maximum Gasteiger partial charge on any atom is 0.337 e. The third kappa shape index (κ3) is 3.22. The number of fused-ring (bicyclic) bond motifs is 1. The molecular formula is C15H12BrNO3S. The number of hydrogen-bond donors (Lipinski definition) is 1. The number of aromatic nitrogens is 1. The number of rotatable bonds is 4. The monoisotopic (exact) mass is 365 g/mol. The molecule has 6 heteroatoms. The minimum atomic E-state index is -0.961. The van der Waals surface area contributed by atoms with E-state index in [-0.39, 0.29) is 5.56 Å². The molecule has 2 aromatic rings. The van der Waals surface area contributed by atoms with Crippen molar-refractivity contribution in [2.75, 3.05) is 6.61 Å². The molecule has 2 heterocycles. The number of carboxylic acid groups (broad SMARTS) is 1. The number of carboxylic acids is 1. The number of hydrogen-bond acceptors (Lipinski definition) is 4. The molecular weight excluding hydrogens is 354 g/mol. The fourth-order valence-corrected chi connectivity index (χ4v) is 3.56. The van der Waals surface area contributed by atoms with Crippen LogP contribution in [0.4, 0.5) is 0 Å².